The van der Waals surface area contributed by atoms with Crippen LogP contribution in [0.2, 0.25) is 0 Å². The van der Waals surface area contributed by atoms with Gasteiger partial charge in [0.05, 0.1) is 5.69 Å². The van der Waals surface area contributed by atoms with Gasteiger partial charge in [-0.1, -0.05) is 44.2 Å². The van der Waals surface area contributed by atoms with Crippen molar-refractivity contribution in [1.29, 1.82) is 0 Å². The lowest BCUT2D eigenvalue weighted by Gasteiger charge is -2.22. The first-order valence-corrected chi connectivity index (χ1v) is 9.46. The molecule has 0 saturated carbocycles. The quantitative estimate of drug-likeness (QED) is 0.761. The first-order valence-electron chi connectivity index (χ1n) is 9.46. The average Bonchev–Trinajstić information content (AvgIpc) is 2.73. The van der Waals surface area contributed by atoms with Crippen molar-refractivity contribution in [2.75, 3.05) is 16.9 Å². The van der Waals surface area contributed by atoms with Gasteiger partial charge in [-0.3, -0.25) is 9.59 Å². The lowest BCUT2D eigenvalue weighted by Crippen LogP contribution is -2.35. The summed E-state index contributed by atoms with van der Waals surface area (Å²) in [7, 11) is 0. The van der Waals surface area contributed by atoms with Crippen LogP contribution in [-0.4, -0.2) is 30.1 Å². The van der Waals surface area contributed by atoms with E-state index in [0.717, 1.165) is 0 Å². The summed E-state index contributed by atoms with van der Waals surface area (Å²) in [6.07, 6.45) is 0.330. The van der Waals surface area contributed by atoms with E-state index >= 15 is 0 Å². The lowest BCUT2D eigenvalue weighted by atomic mass is 10.0. The van der Waals surface area contributed by atoms with Crippen LogP contribution >= 0.6 is 0 Å². The number of esters is 1. The summed E-state index contributed by atoms with van der Waals surface area (Å²) in [5, 5.41) is 7.99. The molecular weight excluding hydrogens is 370 g/mol. The van der Waals surface area contributed by atoms with E-state index in [1.165, 1.54) is 10.6 Å². The van der Waals surface area contributed by atoms with Gasteiger partial charge in [0.1, 0.15) is 5.71 Å². The van der Waals surface area contributed by atoms with Crippen LogP contribution in [0.25, 0.3) is 0 Å². The Hall–Kier alpha value is -3.48. The molecule has 0 unspecified atom stereocenters. The van der Waals surface area contributed by atoms with E-state index in [1.807, 2.05) is 30.3 Å². The number of benzene rings is 2. The van der Waals surface area contributed by atoms with Crippen LogP contribution < -0.4 is 10.3 Å². The van der Waals surface area contributed by atoms with Crippen molar-refractivity contribution in [2.45, 2.75) is 32.6 Å². The zero-order valence-electron chi connectivity index (χ0n) is 16.4. The summed E-state index contributed by atoms with van der Waals surface area (Å²) in [5.74, 6) is -0.943. The molecule has 2 aromatic carbocycles. The van der Waals surface area contributed by atoms with Gasteiger partial charge in [0.15, 0.2) is 6.61 Å². The molecule has 0 atom stereocenters. The predicted octanol–water partition coefficient (Wildman–Crippen LogP) is 3.47. The third kappa shape index (κ3) is 5.28. The molecule has 3 rings (SSSR count). The second kappa shape index (κ2) is 9.14. The molecule has 7 nitrogen and oxygen atoms in total. The molecular formula is C22H23N3O4. The Kier molecular flexibility index (Phi) is 6.39. The second-order valence-corrected chi connectivity index (χ2v) is 6.99. The molecule has 0 fully saturated rings. The van der Waals surface area contributed by atoms with Gasteiger partial charge in [-0.15, -0.1) is 0 Å². The Morgan fingerprint density at radius 3 is 2.41 bits per heavy atom. The predicted molar refractivity (Wildman–Crippen MR) is 111 cm³/mol. The summed E-state index contributed by atoms with van der Waals surface area (Å²) in [4.78, 5) is 36.5. The van der Waals surface area contributed by atoms with E-state index in [4.69, 9.17) is 4.74 Å². The van der Waals surface area contributed by atoms with Gasteiger partial charge >= 0.3 is 5.97 Å². The van der Waals surface area contributed by atoms with E-state index in [9.17, 15) is 14.4 Å². The number of ether oxygens (including phenoxy) is 1. The molecule has 1 aliphatic heterocycles. The van der Waals surface area contributed by atoms with E-state index in [1.54, 1.807) is 24.3 Å². The van der Waals surface area contributed by atoms with E-state index in [-0.39, 0.29) is 24.5 Å². The van der Waals surface area contributed by atoms with Crippen molar-refractivity contribution in [3.8, 4) is 0 Å². The Morgan fingerprint density at radius 2 is 1.76 bits per heavy atom. The number of para-hydroxylation sites is 1. The Labute approximate surface area is 169 Å². The SMILES string of the molecule is CC(C)c1ccc(NC(=O)COC(=O)C2=NN(c3ccccc3)C(=O)CC2)cc1. The van der Waals surface area contributed by atoms with Gasteiger partial charge in [-0.05, 0) is 35.7 Å². The van der Waals surface area contributed by atoms with E-state index in [0.29, 0.717) is 17.3 Å². The Bertz CT molecular complexity index is 921. The first kappa shape index (κ1) is 20.3. The highest BCUT2D eigenvalue weighted by molar-refractivity contribution is 6.38. The Balaban J connectivity index is 1.57. The summed E-state index contributed by atoms with van der Waals surface area (Å²) < 4.78 is 5.08. The molecule has 29 heavy (non-hydrogen) atoms. The van der Waals surface area contributed by atoms with Gasteiger partial charge < -0.3 is 10.1 Å². The van der Waals surface area contributed by atoms with Crippen molar-refractivity contribution in [3.63, 3.8) is 0 Å². The minimum atomic E-state index is -0.705. The van der Waals surface area contributed by atoms with Crippen LogP contribution in [0, 0.1) is 0 Å². The molecule has 2 amide bonds. The maximum Gasteiger partial charge on any atom is 0.355 e. The highest BCUT2D eigenvalue weighted by Gasteiger charge is 2.26. The molecule has 1 aliphatic rings. The minimum Gasteiger partial charge on any atom is -0.451 e. The third-order valence-electron chi connectivity index (χ3n) is 4.46. The molecule has 1 N–H and O–H groups in total. The zero-order chi connectivity index (χ0) is 20.8. The molecule has 150 valence electrons. The fourth-order valence-electron chi connectivity index (χ4n) is 2.83. The number of carbonyl (C=O) groups is 3. The highest BCUT2D eigenvalue weighted by Crippen LogP contribution is 2.20. The van der Waals surface area contributed by atoms with Crippen molar-refractivity contribution >= 4 is 34.9 Å². The number of hydrogen-bond donors (Lipinski definition) is 1. The van der Waals surface area contributed by atoms with Crippen molar-refractivity contribution in [3.05, 3.63) is 60.2 Å². The number of carbonyl (C=O) groups excluding carboxylic acids is 3. The summed E-state index contributed by atoms with van der Waals surface area (Å²) in [6, 6.07) is 16.3. The number of rotatable bonds is 6. The van der Waals surface area contributed by atoms with Crippen molar-refractivity contribution < 1.29 is 19.1 Å². The molecule has 1 heterocycles. The van der Waals surface area contributed by atoms with Gasteiger partial charge in [0.2, 0.25) is 5.91 Å². The number of amides is 2. The van der Waals surface area contributed by atoms with Crippen LogP contribution in [0.5, 0.6) is 0 Å². The maximum atomic E-state index is 12.3. The number of nitrogens with zero attached hydrogens (tertiary/aromatic N) is 2. The summed E-state index contributed by atoms with van der Waals surface area (Å²) >= 11 is 0. The minimum absolute atomic E-state index is 0.113. The van der Waals surface area contributed by atoms with E-state index < -0.39 is 18.5 Å². The average molecular weight is 393 g/mol. The molecule has 0 bridgehead atoms. The normalized spacial score (nSPS) is 13.8. The molecule has 2 aromatic rings. The monoisotopic (exact) mass is 393 g/mol. The fraction of sp³-hybridized carbons (Fsp3) is 0.273. The van der Waals surface area contributed by atoms with E-state index in [2.05, 4.69) is 24.3 Å². The van der Waals surface area contributed by atoms with Gasteiger partial charge in [0.25, 0.3) is 5.91 Å². The third-order valence-corrected chi connectivity index (χ3v) is 4.46. The van der Waals surface area contributed by atoms with Crippen LogP contribution in [0.1, 0.15) is 38.2 Å². The number of hydrogen-bond acceptors (Lipinski definition) is 5. The number of hydrazone groups is 1. The number of anilines is 2. The molecule has 0 spiro atoms. The Morgan fingerprint density at radius 1 is 1.07 bits per heavy atom. The topological polar surface area (TPSA) is 88.1 Å². The van der Waals surface area contributed by atoms with Crippen LogP contribution in [0.15, 0.2) is 59.7 Å². The molecule has 0 aliphatic carbocycles. The zero-order valence-corrected chi connectivity index (χ0v) is 16.4. The first-order chi connectivity index (χ1) is 13.9. The van der Waals surface area contributed by atoms with Gasteiger partial charge in [-0.2, -0.15) is 5.10 Å². The fourth-order valence-corrected chi connectivity index (χ4v) is 2.83. The van der Waals surface area contributed by atoms with Crippen molar-refractivity contribution in [2.24, 2.45) is 5.10 Å². The molecule has 7 heteroatoms. The maximum absolute atomic E-state index is 12.3. The van der Waals surface area contributed by atoms with Crippen LogP contribution in [-0.2, 0) is 19.1 Å². The molecule has 0 aromatic heterocycles. The van der Waals surface area contributed by atoms with Crippen LogP contribution in [0.3, 0.4) is 0 Å². The van der Waals surface area contributed by atoms with Gasteiger partial charge in [-0.25, -0.2) is 9.80 Å². The number of nitrogens with one attached hydrogen (secondary N) is 1. The van der Waals surface area contributed by atoms with Crippen LogP contribution in [0.4, 0.5) is 11.4 Å². The summed E-state index contributed by atoms with van der Waals surface area (Å²) in [6.45, 7) is 3.75. The standard InChI is InChI=1S/C22H23N3O4/c1-15(2)16-8-10-17(11-9-16)23-20(26)14-29-22(28)19-12-13-21(27)25(24-19)18-6-4-3-5-7-18/h3-11,15H,12-14H2,1-2H3,(H,23,26). The van der Waals surface area contributed by atoms with Crippen molar-refractivity contribution in [1.82, 2.24) is 0 Å². The molecule has 0 saturated heterocycles. The summed E-state index contributed by atoms with van der Waals surface area (Å²) in [5.41, 5.74) is 2.49. The molecule has 0 radical (unpaired) electrons. The lowest BCUT2D eigenvalue weighted by molar-refractivity contribution is -0.140. The second-order valence-electron chi connectivity index (χ2n) is 6.99. The largest absolute Gasteiger partial charge is 0.451 e. The van der Waals surface area contributed by atoms with Gasteiger partial charge in [0, 0.05) is 18.5 Å². The smallest absolute Gasteiger partial charge is 0.355 e. The highest BCUT2D eigenvalue weighted by atomic mass is 16.5.